The van der Waals surface area contributed by atoms with E-state index in [-0.39, 0.29) is 9.09 Å². The molecule has 5 N–H and O–H groups in total. The standard InChI is InChI=1S/C19H24FN3O3S2/c1-19(2,25)15-9-14(20)17(27-15)28(21,26)23-18(24)22-16-12-5-3-4-10(12)8-11-6-7-13(11)16/h8-9,25,28H,3-7H2,1-2H3,(H4,21,22,23,24,26). The van der Waals surface area contributed by atoms with Gasteiger partial charge in [-0.1, -0.05) is 6.07 Å². The Balaban J connectivity index is 1.57. The molecule has 2 aromatic rings. The molecule has 1 aromatic carbocycles. The number of nitrogens with one attached hydrogen (secondary N) is 2. The van der Waals surface area contributed by atoms with Crippen LogP contribution in [0.4, 0.5) is 14.9 Å². The van der Waals surface area contributed by atoms with E-state index in [2.05, 4.69) is 16.1 Å². The second-order valence-corrected chi connectivity index (χ2v) is 11.3. The summed E-state index contributed by atoms with van der Waals surface area (Å²) in [5, 5.41) is 18.7. The number of urea groups is 1. The van der Waals surface area contributed by atoms with Gasteiger partial charge in [0.05, 0.1) is 5.60 Å². The highest BCUT2D eigenvalue weighted by atomic mass is 32.3. The Labute approximate surface area is 168 Å². The summed E-state index contributed by atoms with van der Waals surface area (Å²) in [5.41, 5.74) is 4.24. The number of hydrogen-bond acceptors (Lipinski definition) is 4. The first-order valence-electron chi connectivity index (χ1n) is 9.23. The Morgan fingerprint density at radius 3 is 2.50 bits per heavy atom. The largest absolute Gasteiger partial charge is 0.385 e. The highest BCUT2D eigenvalue weighted by Crippen LogP contribution is 2.40. The van der Waals surface area contributed by atoms with Crippen molar-refractivity contribution in [3.05, 3.63) is 45.1 Å². The number of nitrogens with two attached hydrogens (primary N) is 1. The maximum atomic E-state index is 14.3. The minimum atomic E-state index is -3.98. The number of aliphatic hydroxyl groups is 1. The number of thiol groups is 1. The fourth-order valence-corrected chi connectivity index (χ4v) is 6.42. The van der Waals surface area contributed by atoms with E-state index in [0.29, 0.717) is 0 Å². The van der Waals surface area contributed by atoms with Gasteiger partial charge in [-0.15, -0.1) is 11.3 Å². The van der Waals surface area contributed by atoms with Gasteiger partial charge in [-0.3, -0.25) is 9.86 Å². The van der Waals surface area contributed by atoms with Gasteiger partial charge in [0.25, 0.3) is 0 Å². The van der Waals surface area contributed by atoms with Crippen molar-refractivity contribution in [2.45, 2.75) is 55.8 Å². The first kappa shape index (κ1) is 19.5. The summed E-state index contributed by atoms with van der Waals surface area (Å²) in [4.78, 5) is 12.8. The number of amides is 2. The third-order valence-corrected chi connectivity index (χ3v) is 8.99. The van der Waals surface area contributed by atoms with Gasteiger partial charge in [-0.05, 0) is 74.3 Å². The lowest BCUT2D eigenvalue weighted by molar-refractivity contribution is 0.0823. The third kappa shape index (κ3) is 3.36. The molecule has 4 rings (SSSR count). The Kier molecular flexibility index (Phi) is 4.61. The zero-order valence-corrected chi connectivity index (χ0v) is 17.5. The summed E-state index contributed by atoms with van der Waals surface area (Å²) >= 11 is 0.803. The Bertz CT molecular complexity index is 1030. The van der Waals surface area contributed by atoms with Crippen molar-refractivity contribution >= 4 is 33.4 Å². The molecule has 2 aliphatic rings. The molecule has 0 radical (unpaired) electrons. The number of fused-ring (bicyclic) bond motifs is 2. The van der Waals surface area contributed by atoms with Crippen molar-refractivity contribution in [2.24, 2.45) is 5.14 Å². The van der Waals surface area contributed by atoms with Gasteiger partial charge in [-0.25, -0.2) is 13.4 Å². The van der Waals surface area contributed by atoms with Crippen LogP contribution < -0.4 is 15.2 Å². The molecule has 0 unspecified atom stereocenters. The second-order valence-electron chi connectivity index (χ2n) is 7.93. The number of carbonyl (C=O) groups is 1. The number of anilines is 1. The fraction of sp³-hybridized carbons (Fsp3) is 0.421. The monoisotopic (exact) mass is 425 g/mol. The van der Waals surface area contributed by atoms with Crippen LogP contribution in [0.5, 0.6) is 0 Å². The molecule has 0 spiro atoms. The molecule has 152 valence electrons. The van der Waals surface area contributed by atoms with E-state index < -0.39 is 27.8 Å². The smallest absolute Gasteiger partial charge is 0.330 e. The summed E-state index contributed by atoms with van der Waals surface area (Å²) in [6, 6.07) is 2.61. The second kappa shape index (κ2) is 6.62. The molecule has 0 bridgehead atoms. The quantitative estimate of drug-likeness (QED) is 0.487. The van der Waals surface area contributed by atoms with Gasteiger partial charge in [-0.2, -0.15) is 0 Å². The van der Waals surface area contributed by atoms with Crippen LogP contribution in [0, 0.1) is 5.82 Å². The number of hydrogen-bond donors (Lipinski definition) is 5. The van der Waals surface area contributed by atoms with Gasteiger partial charge in [0.2, 0.25) is 0 Å². The molecule has 0 saturated heterocycles. The fourth-order valence-electron chi connectivity index (χ4n) is 3.82. The summed E-state index contributed by atoms with van der Waals surface area (Å²) < 4.78 is 29.2. The van der Waals surface area contributed by atoms with Crippen molar-refractivity contribution in [3.8, 4) is 0 Å². The van der Waals surface area contributed by atoms with E-state index >= 15 is 0 Å². The summed E-state index contributed by atoms with van der Waals surface area (Å²) in [7, 11) is -3.98. The van der Waals surface area contributed by atoms with Crippen LogP contribution in [-0.4, -0.2) is 15.3 Å². The van der Waals surface area contributed by atoms with E-state index in [9.17, 15) is 18.5 Å². The molecule has 0 fully saturated rings. The van der Waals surface area contributed by atoms with E-state index in [4.69, 9.17) is 5.14 Å². The maximum absolute atomic E-state index is 14.3. The molecule has 1 heterocycles. The Morgan fingerprint density at radius 2 is 1.89 bits per heavy atom. The van der Waals surface area contributed by atoms with Gasteiger partial charge in [0.15, 0.2) is 5.82 Å². The number of carbonyl (C=O) groups excluding carboxylic acids is 1. The number of benzene rings is 1. The zero-order chi connectivity index (χ0) is 20.3. The molecule has 28 heavy (non-hydrogen) atoms. The van der Waals surface area contributed by atoms with Crippen LogP contribution in [0.25, 0.3) is 0 Å². The molecule has 2 aliphatic carbocycles. The summed E-state index contributed by atoms with van der Waals surface area (Å²) in [5.74, 6) is -0.794. The first-order valence-corrected chi connectivity index (χ1v) is 11.8. The lowest BCUT2D eigenvalue weighted by atomic mass is 9.83. The molecular weight excluding hydrogens is 401 g/mol. The maximum Gasteiger partial charge on any atom is 0.330 e. The molecular formula is C19H24FN3O3S2. The summed E-state index contributed by atoms with van der Waals surface area (Å²) in [6.07, 6.45) is 4.83. The van der Waals surface area contributed by atoms with Gasteiger partial charge in [0, 0.05) is 20.9 Å². The van der Waals surface area contributed by atoms with Crippen molar-refractivity contribution < 1.29 is 18.5 Å². The number of rotatable bonds is 4. The molecule has 6 nitrogen and oxygen atoms in total. The Morgan fingerprint density at radius 1 is 1.21 bits per heavy atom. The molecule has 0 atom stereocenters. The van der Waals surface area contributed by atoms with Gasteiger partial charge >= 0.3 is 6.03 Å². The minimum absolute atomic E-state index is 0.258. The van der Waals surface area contributed by atoms with Crippen LogP contribution in [0.3, 0.4) is 0 Å². The average Bonchev–Trinajstić information content (AvgIpc) is 3.15. The number of thiophene rings is 1. The lowest BCUT2D eigenvalue weighted by Gasteiger charge is -2.27. The van der Waals surface area contributed by atoms with Gasteiger partial charge < -0.3 is 10.4 Å². The normalized spacial score (nSPS) is 16.2. The molecule has 9 heteroatoms. The van der Waals surface area contributed by atoms with Crippen LogP contribution >= 0.6 is 11.3 Å². The van der Waals surface area contributed by atoms with Crippen LogP contribution in [-0.2, 0) is 41.6 Å². The predicted octanol–water partition coefficient (Wildman–Crippen LogP) is 2.69. The third-order valence-electron chi connectivity index (χ3n) is 5.32. The molecule has 0 aliphatic heterocycles. The van der Waals surface area contributed by atoms with Crippen molar-refractivity contribution in [1.82, 2.24) is 4.72 Å². The number of aryl methyl sites for hydroxylation is 2. The highest BCUT2D eigenvalue weighted by Gasteiger charge is 2.30. The minimum Gasteiger partial charge on any atom is -0.385 e. The highest BCUT2D eigenvalue weighted by molar-refractivity contribution is 8.01. The van der Waals surface area contributed by atoms with Crippen LogP contribution in [0.1, 0.15) is 47.4 Å². The summed E-state index contributed by atoms with van der Waals surface area (Å²) in [6.45, 7) is 2.99. The Hall–Kier alpha value is -1.81. The van der Waals surface area contributed by atoms with E-state index in [1.54, 1.807) is 0 Å². The van der Waals surface area contributed by atoms with Crippen molar-refractivity contribution in [3.63, 3.8) is 0 Å². The van der Waals surface area contributed by atoms with E-state index in [1.165, 1.54) is 25.0 Å². The van der Waals surface area contributed by atoms with Gasteiger partial charge in [0.1, 0.15) is 4.21 Å². The molecule has 1 aromatic heterocycles. The van der Waals surface area contributed by atoms with Crippen molar-refractivity contribution in [1.29, 1.82) is 0 Å². The van der Waals surface area contributed by atoms with E-state index in [0.717, 1.165) is 66.3 Å². The number of halogens is 1. The van der Waals surface area contributed by atoms with E-state index in [1.807, 2.05) is 0 Å². The zero-order valence-electron chi connectivity index (χ0n) is 15.8. The molecule has 0 saturated carbocycles. The first-order chi connectivity index (χ1) is 13.1. The SMILES string of the molecule is CC(C)(O)c1cc(F)c([SH](N)(=O)NC(=O)Nc2c3c(cc4c2CC4)CCC3)s1. The van der Waals surface area contributed by atoms with Crippen LogP contribution in [0.2, 0.25) is 0 Å². The van der Waals surface area contributed by atoms with Crippen molar-refractivity contribution in [2.75, 3.05) is 5.32 Å². The average molecular weight is 426 g/mol. The van der Waals surface area contributed by atoms with Crippen LogP contribution in [0.15, 0.2) is 16.3 Å². The lowest BCUT2D eigenvalue weighted by Crippen LogP contribution is -2.45. The predicted molar refractivity (Wildman–Crippen MR) is 110 cm³/mol. The molecule has 2 amide bonds. The topological polar surface area (TPSA) is 104 Å².